The number of aryl methyl sites for hydroxylation is 2. The molecule has 0 aliphatic carbocycles. The minimum Gasteiger partial charge on any atom is -0.490 e. The fourth-order valence-corrected chi connectivity index (χ4v) is 10.4. The second-order valence-electron chi connectivity index (χ2n) is 17.8. The van der Waals surface area contributed by atoms with Gasteiger partial charge >= 0.3 is 0 Å². The molecule has 62 heavy (non-hydrogen) atoms. The zero-order valence-electron chi connectivity index (χ0n) is 35.6. The van der Waals surface area contributed by atoms with Gasteiger partial charge in [0.25, 0.3) is 11.8 Å². The Morgan fingerprint density at radius 2 is 0.952 bits per heavy atom. The number of carbonyl (C=O) groups excluding carboxylic acids is 2. The molecule has 0 bridgehead atoms. The molecule has 4 fully saturated rings. The van der Waals surface area contributed by atoms with Gasteiger partial charge in [0, 0.05) is 65.0 Å². The van der Waals surface area contributed by atoms with Gasteiger partial charge in [-0.15, -0.1) is 0 Å². The summed E-state index contributed by atoms with van der Waals surface area (Å²) in [4.78, 5) is 44.0. The number of aromatic nitrogens is 2. The van der Waals surface area contributed by atoms with E-state index in [0.717, 1.165) is 109 Å². The number of nitrogens with zero attached hydrogens (tertiary/aromatic N) is 6. The van der Waals surface area contributed by atoms with E-state index in [1.807, 2.05) is 21.9 Å². The molecule has 14 nitrogen and oxygen atoms in total. The number of amides is 2. The quantitative estimate of drug-likeness (QED) is 0.226. The van der Waals surface area contributed by atoms with Crippen LogP contribution in [0.2, 0.25) is 0 Å². The topological polar surface area (TPSA) is 128 Å². The Morgan fingerprint density at radius 1 is 0.532 bits per heavy atom. The number of hydrogen-bond donors (Lipinski definition) is 0. The monoisotopic (exact) mass is 842 g/mol. The standard InChI is InChI=1S/2C24H27N3O4/c2*1-15-10-20-22(21-14-29-9-8-27(21)24(20)28)25-23(15)26-6-4-18(5-7-26)31-19-3-2-16-12-30-13-17(16)11-19/h2*2-3,10-11,18,21H,4-9,12-14H2,1H3. The lowest BCUT2D eigenvalue weighted by atomic mass is 10.0. The van der Waals surface area contributed by atoms with Crippen LogP contribution in [0.25, 0.3) is 0 Å². The first-order valence-corrected chi connectivity index (χ1v) is 22.4. The van der Waals surface area contributed by atoms with Crippen molar-refractivity contribution in [1.82, 2.24) is 19.8 Å². The van der Waals surface area contributed by atoms with Gasteiger partial charge in [0.2, 0.25) is 0 Å². The van der Waals surface area contributed by atoms with Gasteiger partial charge in [-0.3, -0.25) is 9.59 Å². The second-order valence-corrected chi connectivity index (χ2v) is 17.8. The Labute approximate surface area is 362 Å². The van der Waals surface area contributed by atoms with Crippen LogP contribution in [0, 0.1) is 13.8 Å². The number of benzene rings is 2. The molecular formula is C48H54N6O8. The Kier molecular flexibility index (Phi) is 10.5. The van der Waals surface area contributed by atoms with Crippen LogP contribution in [0.15, 0.2) is 48.5 Å². The van der Waals surface area contributed by atoms with Gasteiger partial charge < -0.3 is 48.0 Å². The lowest BCUT2D eigenvalue weighted by Gasteiger charge is -2.34. The van der Waals surface area contributed by atoms with Crippen molar-refractivity contribution in [3.63, 3.8) is 0 Å². The number of ether oxygens (including phenoxy) is 6. The zero-order valence-corrected chi connectivity index (χ0v) is 35.6. The maximum Gasteiger partial charge on any atom is 0.256 e. The summed E-state index contributed by atoms with van der Waals surface area (Å²) in [5, 5.41) is 0. The van der Waals surface area contributed by atoms with E-state index in [1.165, 1.54) is 22.3 Å². The molecule has 8 aliphatic rings. The number of pyridine rings is 2. The third-order valence-corrected chi connectivity index (χ3v) is 13.8. The lowest BCUT2D eigenvalue weighted by Crippen LogP contribution is -2.39. The molecular weight excluding hydrogens is 789 g/mol. The second kappa shape index (κ2) is 16.4. The van der Waals surface area contributed by atoms with Crippen LogP contribution in [-0.4, -0.2) is 109 Å². The average molecular weight is 843 g/mol. The molecule has 2 aromatic heterocycles. The molecule has 2 unspecified atom stereocenters. The minimum absolute atomic E-state index is 0.0414. The SMILES string of the molecule is Cc1cc2c(nc1N1CCC(Oc3ccc4c(c3)COC4)CC1)C1COCCN1C2=O.Cc1cc2c(nc1N1CCC(Oc3ccc4c(c3)COC4)CC1)C1COCCN1C2=O. The van der Waals surface area contributed by atoms with Crippen molar-refractivity contribution in [3.8, 4) is 11.5 Å². The van der Waals surface area contributed by atoms with Crippen molar-refractivity contribution >= 4 is 23.5 Å². The minimum atomic E-state index is -0.0414. The Morgan fingerprint density at radius 3 is 1.39 bits per heavy atom. The predicted molar refractivity (Wildman–Crippen MR) is 229 cm³/mol. The maximum absolute atomic E-state index is 12.8. The van der Waals surface area contributed by atoms with Crippen molar-refractivity contribution in [2.75, 3.05) is 75.5 Å². The van der Waals surface area contributed by atoms with E-state index in [4.69, 9.17) is 38.4 Å². The molecule has 4 aromatic rings. The molecule has 14 heteroatoms. The van der Waals surface area contributed by atoms with E-state index in [-0.39, 0.29) is 36.1 Å². The van der Waals surface area contributed by atoms with Gasteiger partial charge in [-0.2, -0.15) is 0 Å². The van der Waals surface area contributed by atoms with Crippen LogP contribution >= 0.6 is 0 Å². The van der Waals surface area contributed by atoms with Gasteiger partial charge in [0.1, 0.15) is 35.3 Å². The maximum atomic E-state index is 12.8. The number of carbonyl (C=O) groups is 2. The molecule has 0 radical (unpaired) electrons. The number of piperidine rings is 2. The van der Waals surface area contributed by atoms with Crippen molar-refractivity contribution in [2.45, 2.75) is 90.2 Å². The molecule has 2 atom stereocenters. The average Bonchev–Trinajstić information content (AvgIpc) is 4.09. The molecule has 10 heterocycles. The number of hydrogen-bond acceptors (Lipinski definition) is 12. The summed E-state index contributed by atoms with van der Waals surface area (Å²) in [5.74, 6) is 4.05. The van der Waals surface area contributed by atoms with E-state index in [2.05, 4.69) is 60.0 Å². The van der Waals surface area contributed by atoms with Gasteiger partial charge in [-0.05, 0) is 83.6 Å². The van der Waals surface area contributed by atoms with E-state index in [1.54, 1.807) is 0 Å². The van der Waals surface area contributed by atoms with E-state index in [9.17, 15) is 9.59 Å². The molecule has 324 valence electrons. The summed E-state index contributed by atoms with van der Waals surface area (Å²) < 4.78 is 34.8. The smallest absolute Gasteiger partial charge is 0.256 e. The first-order chi connectivity index (χ1) is 30.3. The molecule has 0 spiro atoms. The molecule has 12 rings (SSSR count). The van der Waals surface area contributed by atoms with Gasteiger partial charge in [-0.25, -0.2) is 9.97 Å². The Hall–Kier alpha value is -5.28. The Bertz CT molecular complexity index is 2230. The fourth-order valence-electron chi connectivity index (χ4n) is 10.4. The number of morpholine rings is 2. The van der Waals surface area contributed by atoms with Crippen LogP contribution in [0.4, 0.5) is 11.6 Å². The van der Waals surface area contributed by atoms with Crippen molar-refractivity contribution in [2.24, 2.45) is 0 Å². The van der Waals surface area contributed by atoms with E-state index < -0.39 is 0 Å². The normalized spacial score (nSPS) is 23.0. The Balaban J connectivity index is 0.000000139. The van der Waals surface area contributed by atoms with E-state index in [0.29, 0.717) is 65.9 Å². The van der Waals surface area contributed by atoms with Crippen molar-refractivity contribution in [3.05, 3.63) is 104 Å². The van der Waals surface area contributed by atoms with Crippen LogP contribution in [0.1, 0.15) is 103 Å². The largest absolute Gasteiger partial charge is 0.490 e. The number of anilines is 2. The van der Waals surface area contributed by atoms with Crippen LogP contribution < -0.4 is 19.3 Å². The highest BCUT2D eigenvalue weighted by atomic mass is 16.5. The number of rotatable bonds is 6. The molecule has 8 aliphatic heterocycles. The molecule has 2 aromatic carbocycles. The summed E-state index contributed by atoms with van der Waals surface area (Å²) >= 11 is 0. The van der Waals surface area contributed by atoms with Crippen molar-refractivity contribution in [1.29, 1.82) is 0 Å². The molecule has 0 N–H and O–H groups in total. The first-order valence-electron chi connectivity index (χ1n) is 22.4. The summed E-state index contributed by atoms with van der Waals surface area (Å²) in [7, 11) is 0. The summed E-state index contributed by atoms with van der Waals surface area (Å²) in [6.45, 7) is 14.0. The summed E-state index contributed by atoms with van der Waals surface area (Å²) in [6, 6.07) is 16.5. The molecule has 2 amide bonds. The highest BCUT2D eigenvalue weighted by Crippen LogP contribution is 2.39. The highest BCUT2D eigenvalue weighted by molar-refractivity contribution is 6.00. The van der Waals surface area contributed by atoms with Gasteiger partial charge in [0.15, 0.2) is 0 Å². The lowest BCUT2D eigenvalue weighted by molar-refractivity contribution is 0.00348. The van der Waals surface area contributed by atoms with Crippen molar-refractivity contribution < 1.29 is 38.0 Å². The van der Waals surface area contributed by atoms with Crippen LogP contribution in [0.3, 0.4) is 0 Å². The van der Waals surface area contributed by atoms with Crippen LogP contribution in [0.5, 0.6) is 11.5 Å². The summed E-state index contributed by atoms with van der Waals surface area (Å²) in [5.41, 5.74) is 10.4. The third kappa shape index (κ3) is 7.34. The highest BCUT2D eigenvalue weighted by Gasteiger charge is 2.42. The number of fused-ring (bicyclic) bond motifs is 8. The summed E-state index contributed by atoms with van der Waals surface area (Å²) in [6.07, 6.45) is 4.20. The zero-order chi connectivity index (χ0) is 41.9. The fraction of sp³-hybridized carbons (Fsp3) is 0.500. The van der Waals surface area contributed by atoms with Gasteiger partial charge in [0.05, 0.1) is 87.5 Å². The molecule has 0 saturated carbocycles. The molecule has 4 saturated heterocycles. The van der Waals surface area contributed by atoms with Crippen LogP contribution in [-0.2, 0) is 45.4 Å². The van der Waals surface area contributed by atoms with E-state index >= 15 is 0 Å². The predicted octanol–water partition coefficient (Wildman–Crippen LogP) is 5.99. The first kappa shape index (κ1) is 39.6. The van der Waals surface area contributed by atoms with Gasteiger partial charge in [-0.1, -0.05) is 12.1 Å². The third-order valence-electron chi connectivity index (χ3n) is 13.8.